The fourth-order valence-electron chi connectivity index (χ4n) is 2.46. The fraction of sp³-hybridized carbons (Fsp3) is 0.333. The van der Waals surface area contributed by atoms with E-state index in [1.54, 1.807) is 0 Å². The summed E-state index contributed by atoms with van der Waals surface area (Å²) in [5.74, 6) is -0.00840. The van der Waals surface area contributed by atoms with Gasteiger partial charge in [0.15, 0.2) is 5.13 Å². The molecule has 1 atom stereocenters. The molecule has 0 bridgehead atoms. The third-order valence-corrected chi connectivity index (χ3v) is 4.51. The zero-order valence-corrected chi connectivity index (χ0v) is 12.6. The van der Waals surface area contributed by atoms with E-state index in [-0.39, 0.29) is 12.0 Å². The number of ether oxygens (including phenoxy) is 1. The van der Waals surface area contributed by atoms with Crippen molar-refractivity contribution in [2.45, 2.75) is 13.0 Å². The first kappa shape index (κ1) is 14.0. The maximum absolute atomic E-state index is 12.6. The molecule has 1 fully saturated rings. The molecule has 2 N–H and O–H groups in total. The highest BCUT2D eigenvalue weighted by molar-refractivity contribution is 7.17. The SMILES string of the molecule is Cc1nc(N)sc1C(=O)N1CCOC(c2ccccc2)C1. The van der Waals surface area contributed by atoms with Gasteiger partial charge in [-0.1, -0.05) is 41.7 Å². The van der Waals surface area contributed by atoms with Crippen molar-refractivity contribution in [3.05, 3.63) is 46.5 Å². The molecule has 0 saturated carbocycles. The summed E-state index contributed by atoms with van der Waals surface area (Å²) in [6.07, 6.45) is -0.0746. The summed E-state index contributed by atoms with van der Waals surface area (Å²) in [6.45, 7) is 3.51. The van der Waals surface area contributed by atoms with Crippen LogP contribution < -0.4 is 5.73 Å². The summed E-state index contributed by atoms with van der Waals surface area (Å²) >= 11 is 1.25. The van der Waals surface area contributed by atoms with Gasteiger partial charge in [-0.25, -0.2) is 4.98 Å². The van der Waals surface area contributed by atoms with Crippen LogP contribution in [0.1, 0.15) is 27.0 Å². The van der Waals surface area contributed by atoms with Crippen molar-refractivity contribution in [1.82, 2.24) is 9.88 Å². The van der Waals surface area contributed by atoms with E-state index >= 15 is 0 Å². The molecule has 0 spiro atoms. The number of nitrogen functional groups attached to an aromatic ring is 1. The number of aromatic nitrogens is 1. The van der Waals surface area contributed by atoms with Crippen molar-refractivity contribution < 1.29 is 9.53 Å². The molecular weight excluding hydrogens is 286 g/mol. The minimum absolute atomic E-state index is 0.00840. The van der Waals surface area contributed by atoms with Gasteiger partial charge in [-0.05, 0) is 12.5 Å². The summed E-state index contributed by atoms with van der Waals surface area (Å²) in [4.78, 5) is 19.2. The van der Waals surface area contributed by atoms with E-state index in [2.05, 4.69) is 4.98 Å². The van der Waals surface area contributed by atoms with Crippen LogP contribution in [0.25, 0.3) is 0 Å². The number of morpholine rings is 1. The number of nitrogens with zero attached hydrogens (tertiary/aromatic N) is 2. The molecule has 1 aromatic carbocycles. The van der Waals surface area contributed by atoms with E-state index < -0.39 is 0 Å². The number of hydrogen-bond acceptors (Lipinski definition) is 5. The largest absolute Gasteiger partial charge is 0.375 e. The molecule has 3 rings (SSSR count). The topological polar surface area (TPSA) is 68.5 Å². The van der Waals surface area contributed by atoms with Gasteiger partial charge in [0, 0.05) is 6.54 Å². The van der Waals surface area contributed by atoms with E-state index in [1.165, 1.54) is 11.3 Å². The highest BCUT2D eigenvalue weighted by atomic mass is 32.1. The number of hydrogen-bond donors (Lipinski definition) is 1. The molecule has 1 aliphatic rings. The molecule has 1 aliphatic heterocycles. The van der Waals surface area contributed by atoms with Gasteiger partial charge in [0.05, 0.1) is 18.8 Å². The average molecular weight is 303 g/mol. The second-order valence-corrected chi connectivity index (χ2v) is 6.02. The minimum atomic E-state index is -0.0746. The normalized spacial score (nSPS) is 18.7. The van der Waals surface area contributed by atoms with Gasteiger partial charge in [0.25, 0.3) is 5.91 Å². The van der Waals surface area contributed by atoms with Gasteiger partial charge in [-0.15, -0.1) is 0 Å². The van der Waals surface area contributed by atoms with E-state index in [1.807, 2.05) is 42.2 Å². The first-order valence-corrected chi connectivity index (χ1v) is 7.65. The van der Waals surface area contributed by atoms with Gasteiger partial charge in [-0.3, -0.25) is 4.79 Å². The maximum Gasteiger partial charge on any atom is 0.266 e. The van der Waals surface area contributed by atoms with Crippen LogP contribution >= 0.6 is 11.3 Å². The molecule has 1 unspecified atom stereocenters. The third-order valence-electron chi connectivity index (χ3n) is 3.53. The number of aryl methyl sites for hydroxylation is 1. The summed E-state index contributed by atoms with van der Waals surface area (Å²) in [5.41, 5.74) is 7.47. The molecular formula is C15H17N3O2S. The Morgan fingerprint density at radius 1 is 1.43 bits per heavy atom. The Morgan fingerprint density at radius 3 is 2.86 bits per heavy atom. The van der Waals surface area contributed by atoms with Crippen LogP contribution in [0.2, 0.25) is 0 Å². The molecule has 6 heteroatoms. The lowest BCUT2D eigenvalue weighted by Gasteiger charge is -2.33. The van der Waals surface area contributed by atoms with E-state index in [0.717, 1.165) is 5.56 Å². The number of thiazole rings is 1. The first-order chi connectivity index (χ1) is 10.1. The molecule has 2 heterocycles. The van der Waals surface area contributed by atoms with Gasteiger partial charge < -0.3 is 15.4 Å². The van der Waals surface area contributed by atoms with Gasteiger partial charge in [-0.2, -0.15) is 0 Å². The van der Waals surface area contributed by atoms with E-state index in [4.69, 9.17) is 10.5 Å². The summed E-state index contributed by atoms with van der Waals surface area (Å²) in [5, 5.41) is 0.434. The second kappa shape index (κ2) is 5.83. The number of amides is 1. The van der Waals surface area contributed by atoms with Crippen molar-refractivity contribution in [2.24, 2.45) is 0 Å². The monoisotopic (exact) mass is 303 g/mol. The lowest BCUT2D eigenvalue weighted by atomic mass is 10.1. The lowest BCUT2D eigenvalue weighted by Crippen LogP contribution is -2.42. The van der Waals surface area contributed by atoms with Crippen LogP contribution in [0, 0.1) is 6.92 Å². The number of nitrogens with two attached hydrogens (primary N) is 1. The second-order valence-electron chi connectivity index (χ2n) is 4.99. The Balaban J connectivity index is 1.77. The molecule has 5 nitrogen and oxygen atoms in total. The molecule has 0 aliphatic carbocycles. The predicted molar refractivity (Wildman–Crippen MR) is 82.3 cm³/mol. The Hall–Kier alpha value is -1.92. The van der Waals surface area contributed by atoms with Crippen molar-refractivity contribution in [2.75, 3.05) is 25.4 Å². The van der Waals surface area contributed by atoms with Crippen molar-refractivity contribution >= 4 is 22.4 Å². The smallest absolute Gasteiger partial charge is 0.266 e. The Kier molecular flexibility index (Phi) is 3.90. The molecule has 110 valence electrons. The number of carbonyl (C=O) groups is 1. The van der Waals surface area contributed by atoms with Crippen LogP contribution in [0.4, 0.5) is 5.13 Å². The molecule has 21 heavy (non-hydrogen) atoms. The Morgan fingerprint density at radius 2 is 2.19 bits per heavy atom. The minimum Gasteiger partial charge on any atom is -0.375 e. The van der Waals surface area contributed by atoms with Gasteiger partial charge in [0.2, 0.25) is 0 Å². The van der Waals surface area contributed by atoms with Crippen LogP contribution in [-0.2, 0) is 4.74 Å². The van der Waals surface area contributed by atoms with Gasteiger partial charge in [0.1, 0.15) is 11.0 Å². The van der Waals surface area contributed by atoms with E-state index in [0.29, 0.717) is 35.4 Å². The molecule has 1 saturated heterocycles. The number of benzene rings is 1. The zero-order chi connectivity index (χ0) is 14.8. The number of rotatable bonds is 2. The van der Waals surface area contributed by atoms with Crippen LogP contribution in [0.5, 0.6) is 0 Å². The zero-order valence-electron chi connectivity index (χ0n) is 11.8. The molecule has 1 amide bonds. The number of carbonyl (C=O) groups excluding carboxylic acids is 1. The summed E-state index contributed by atoms with van der Waals surface area (Å²) in [7, 11) is 0. The summed E-state index contributed by atoms with van der Waals surface area (Å²) in [6, 6.07) is 9.98. The molecule has 2 aromatic rings. The molecule has 1 aromatic heterocycles. The number of anilines is 1. The predicted octanol–water partition coefficient (Wildman–Crippen LogP) is 2.25. The van der Waals surface area contributed by atoms with Gasteiger partial charge >= 0.3 is 0 Å². The Bertz CT molecular complexity index is 642. The van der Waals surface area contributed by atoms with Crippen molar-refractivity contribution in [3.63, 3.8) is 0 Å². The first-order valence-electron chi connectivity index (χ1n) is 6.84. The Labute approximate surface area is 127 Å². The van der Waals surface area contributed by atoms with Crippen molar-refractivity contribution in [3.8, 4) is 0 Å². The standard InChI is InChI=1S/C15H17N3O2S/c1-10-13(21-15(16)17-10)14(19)18-7-8-20-12(9-18)11-5-3-2-4-6-11/h2-6,12H,7-9H2,1H3,(H2,16,17). The van der Waals surface area contributed by atoms with E-state index in [9.17, 15) is 4.79 Å². The fourth-order valence-corrected chi connectivity index (χ4v) is 3.26. The third kappa shape index (κ3) is 2.91. The highest BCUT2D eigenvalue weighted by Gasteiger charge is 2.28. The van der Waals surface area contributed by atoms with Crippen LogP contribution in [0.3, 0.4) is 0 Å². The lowest BCUT2D eigenvalue weighted by molar-refractivity contribution is -0.0226. The average Bonchev–Trinajstić information content (AvgIpc) is 2.86. The highest BCUT2D eigenvalue weighted by Crippen LogP contribution is 2.26. The van der Waals surface area contributed by atoms with Crippen LogP contribution in [0.15, 0.2) is 30.3 Å². The molecule has 0 radical (unpaired) electrons. The van der Waals surface area contributed by atoms with Crippen LogP contribution in [-0.4, -0.2) is 35.5 Å². The summed E-state index contributed by atoms with van der Waals surface area (Å²) < 4.78 is 5.78. The quantitative estimate of drug-likeness (QED) is 0.924. The maximum atomic E-state index is 12.6. The van der Waals surface area contributed by atoms with Crippen molar-refractivity contribution in [1.29, 1.82) is 0 Å².